The SMILES string of the molecule is CCOC(=O)[C@H](C(N)=O)c1nc2ccccc2nc1C=C(O)c1ccccc1. The summed E-state index contributed by atoms with van der Waals surface area (Å²) in [7, 11) is 0. The van der Waals surface area contributed by atoms with Crippen molar-refractivity contribution in [2.75, 3.05) is 6.61 Å². The average Bonchev–Trinajstić information content (AvgIpc) is 2.69. The highest BCUT2D eigenvalue weighted by molar-refractivity contribution is 6.03. The number of nitrogens with zero attached hydrogens (tertiary/aromatic N) is 2. The van der Waals surface area contributed by atoms with E-state index in [4.69, 9.17) is 10.5 Å². The minimum Gasteiger partial charge on any atom is -0.507 e. The van der Waals surface area contributed by atoms with Crippen LogP contribution in [0.5, 0.6) is 0 Å². The molecule has 0 aliphatic rings. The molecule has 1 atom stereocenters. The van der Waals surface area contributed by atoms with Crippen LogP contribution in [0.15, 0.2) is 54.6 Å². The van der Waals surface area contributed by atoms with E-state index in [1.807, 2.05) is 6.07 Å². The number of benzene rings is 2. The van der Waals surface area contributed by atoms with Crippen LogP contribution < -0.4 is 5.73 Å². The summed E-state index contributed by atoms with van der Waals surface area (Å²) in [6, 6.07) is 15.8. The summed E-state index contributed by atoms with van der Waals surface area (Å²) in [5.41, 5.74) is 7.25. The summed E-state index contributed by atoms with van der Waals surface area (Å²) in [6.07, 6.45) is 1.36. The fourth-order valence-corrected chi connectivity index (χ4v) is 2.76. The first-order chi connectivity index (χ1) is 13.5. The molecule has 1 heterocycles. The molecule has 0 fully saturated rings. The third kappa shape index (κ3) is 3.98. The van der Waals surface area contributed by atoms with Gasteiger partial charge in [0, 0.05) is 11.6 Å². The van der Waals surface area contributed by atoms with E-state index in [9.17, 15) is 14.7 Å². The topological polar surface area (TPSA) is 115 Å². The van der Waals surface area contributed by atoms with Gasteiger partial charge in [-0.15, -0.1) is 0 Å². The molecular formula is C21H19N3O4. The van der Waals surface area contributed by atoms with Crippen molar-refractivity contribution in [1.82, 2.24) is 9.97 Å². The lowest BCUT2D eigenvalue weighted by Gasteiger charge is -2.15. The van der Waals surface area contributed by atoms with Gasteiger partial charge in [-0.05, 0) is 19.1 Å². The fraction of sp³-hybridized carbons (Fsp3) is 0.143. The molecule has 3 N–H and O–H groups in total. The van der Waals surface area contributed by atoms with Gasteiger partial charge in [-0.25, -0.2) is 9.97 Å². The van der Waals surface area contributed by atoms with Crippen molar-refractivity contribution >= 4 is 34.7 Å². The normalized spacial score (nSPS) is 12.5. The summed E-state index contributed by atoms with van der Waals surface area (Å²) in [4.78, 5) is 33.3. The lowest BCUT2D eigenvalue weighted by atomic mass is 10.0. The molecule has 0 aliphatic heterocycles. The van der Waals surface area contributed by atoms with Gasteiger partial charge in [-0.2, -0.15) is 0 Å². The smallest absolute Gasteiger partial charge is 0.324 e. The Morgan fingerprint density at radius 3 is 2.29 bits per heavy atom. The van der Waals surface area contributed by atoms with E-state index < -0.39 is 17.8 Å². The third-order valence-electron chi connectivity index (χ3n) is 4.05. The molecule has 0 radical (unpaired) electrons. The van der Waals surface area contributed by atoms with Crippen LogP contribution in [0.4, 0.5) is 0 Å². The van der Waals surface area contributed by atoms with Gasteiger partial charge in [0.2, 0.25) is 5.91 Å². The van der Waals surface area contributed by atoms with Crippen LogP contribution in [-0.4, -0.2) is 33.6 Å². The Hall–Kier alpha value is -3.74. The van der Waals surface area contributed by atoms with Gasteiger partial charge < -0.3 is 15.6 Å². The Morgan fingerprint density at radius 1 is 1.07 bits per heavy atom. The summed E-state index contributed by atoms with van der Waals surface area (Å²) < 4.78 is 4.99. The zero-order valence-electron chi connectivity index (χ0n) is 15.2. The highest BCUT2D eigenvalue weighted by Crippen LogP contribution is 2.25. The van der Waals surface area contributed by atoms with Gasteiger partial charge >= 0.3 is 5.97 Å². The van der Waals surface area contributed by atoms with E-state index >= 15 is 0 Å². The van der Waals surface area contributed by atoms with Gasteiger partial charge in [-0.3, -0.25) is 9.59 Å². The number of carbonyl (C=O) groups excluding carboxylic acids is 2. The van der Waals surface area contributed by atoms with E-state index in [-0.39, 0.29) is 23.8 Å². The molecule has 0 saturated heterocycles. The standard InChI is InChI=1S/C21H19N3O4/c1-2-28-21(27)18(20(22)26)19-16(12-17(25)13-8-4-3-5-9-13)23-14-10-6-7-11-15(14)24-19/h3-12,18,25H,2H2,1H3,(H2,22,26)/t18-/m0/s1. The Bertz CT molecular complexity index is 1050. The molecule has 0 spiro atoms. The second kappa shape index (κ2) is 8.30. The molecule has 1 amide bonds. The minimum absolute atomic E-state index is 0.0344. The number of aromatic nitrogens is 2. The van der Waals surface area contributed by atoms with Crippen molar-refractivity contribution < 1.29 is 19.4 Å². The molecule has 28 heavy (non-hydrogen) atoms. The first-order valence-corrected chi connectivity index (χ1v) is 8.70. The van der Waals surface area contributed by atoms with Crippen molar-refractivity contribution in [3.8, 4) is 0 Å². The van der Waals surface area contributed by atoms with Crippen molar-refractivity contribution in [2.45, 2.75) is 12.8 Å². The number of hydrogen-bond donors (Lipinski definition) is 2. The van der Waals surface area contributed by atoms with Crippen LogP contribution >= 0.6 is 0 Å². The van der Waals surface area contributed by atoms with Crippen molar-refractivity contribution in [3.63, 3.8) is 0 Å². The molecule has 0 aliphatic carbocycles. The van der Waals surface area contributed by atoms with E-state index in [0.29, 0.717) is 16.6 Å². The number of fused-ring (bicyclic) bond motifs is 1. The maximum atomic E-state index is 12.4. The molecule has 3 rings (SSSR count). The number of esters is 1. The zero-order valence-corrected chi connectivity index (χ0v) is 15.2. The van der Waals surface area contributed by atoms with Crippen LogP contribution in [0.1, 0.15) is 29.8 Å². The minimum atomic E-state index is -1.44. The number of hydrogen-bond acceptors (Lipinski definition) is 6. The Morgan fingerprint density at radius 2 is 1.68 bits per heavy atom. The number of aliphatic hydroxyl groups is 1. The van der Waals surface area contributed by atoms with E-state index in [1.54, 1.807) is 55.5 Å². The van der Waals surface area contributed by atoms with Gasteiger partial charge in [0.25, 0.3) is 0 Å². The molecule has 0 bridgehead atoms. The number of carbonyl (C=O) groups is 2. The van der Waals surface area contributed by atoms with Gasteiger partial charge in [-0.1, -0.05) is 42.5 Å². The second-order valence-electron chi connectivity index (χ2n) is 5.97. The quantitative estimate of drug-likeness (QED) is 0.388. The summed E-state index contributed by atoms with van der Waals surface area (Å²) in [5, 5.41) is 10.5. The number of nitrogens with two attached hydrogens (primary N) is 1. The number of amides is 1. The fourth-order valence-electron chi connectivity index (χ4n) is 2.76. The number of ether oxygens (including phenoxy) is 1. The van der Waals surface area contributed by atoms with Gasteiger partial charge in [0.05, 0.1) is 29.0 Å². The number of rotatable bonds is 6. The summed E-state index contributed by atoms with van der Waals surface area (Å²) >= 11 is 0. The van der Waals surface area contributed by atoms with Crippen molar-refractivity contribution in [1.29, 1.82) is 0 Å². The molecule has 142 valence electrons. The van der Waals surface area contributed by atoms with Crippen LogP contribution in [0.2, 0.25) is 0 Å². The average molecular weight is 377 g/mol. The van der Waals surface area contributed by atoms with E-state index in [1.165, 1.54) is 6.08 Å². The molecule has 1 aromatic heterocycles. The maximum absolute atomic E-state index is 12.4. The van der Waals surface area contributed by atoms with Crippen LogP contribution in [-0.2, 0) is 14.3 Å². The monoisotopic (exact) mass is 377 g/mol. The van der Waals surface area contributed by atoms with Gasteiger partial charge in [0.1, 0.15) is 5.76 Å². The Balaban J connectivity index is 2.21. The zero-order chi connectivity index (χ0) is 20.1. The van der Waals surface area contributed by atoms with E-state index in [0.717, 1.165) is 0 Å². The molecule has 2 aromatic carbocycles. The summed E-state index contributed by atoms with van der Waals surface area (Å²) in [5.74, 6) is -3.24. The first-order valence-electron chi connectivity index (χ1n) is 8.70. The number of para-hydroxylation sites is 2. The molecule has 0 saturated carbocycles. The highest BCUT2D eigenvalue weighted by Gasteiger charge is 2.32. The molecular weight excluding hydrogens is 358 g/mol. The predicted molar refractivity (Wildman–Crippen MR) is 105 cm³/mol. The summed E-state index contributed by atoms with van der Waals surface area (Å²) in [6.45, 7) is 1.72. The van der Waals surface area contributed by atoms with Crippen LogP contribution in [0, 0.1) is 0 Å². The maximum Gasteiger partial charge on any atom is 0.324 e. The lowest BCUT2D eigenvalue weighted by Crippen LogP contribution is -2.31. The number of primary amides is 1. The molecule has 7 nitrogen and oxygen atoms in total. The Labute approximate surface area is 161 Å². The second-order valence-corrected chi connectivity index (χ2v) is 5.97. The lowest BCUT2D eigenvalue weighted by molar-refractivity contribution is -0.147. The van der Waals surface area contributed by atoms with Crippen LogP contribution in [0.3, 0.4) is 0 Å². The number of aliphatic hydroxyl groups excluding tert-OH is 1. The molecule has 7 heteroatoms. The predicted octanol–water partition coefficient (Wildman–Crippen LogP) is 2.82. The molecule has 0 unspecified atom stereocenters. The largest absolute Gasteiger partial charge is 0.507 e. The van der Waals surface area contributed by atoms with E-state index in [2.05, 4.69) is 9.97 Å². The third-order valence-corrected chi connectivity index (χ3v) is 4.05. The first kappa shape index (κ1) is 19.0. The highest BCUT2D eigenvalue weighted by atomic mass is 16.5. The Kier molecular flexibility index (Phi) is 5.64. The molecule has 3 aromatic rings. The van der Waals surface area contributed by atoms with Crippen molar-refractivity contribution in [2.24, 2.45) is 5.73 Å². The van der Waals surface area contributed by atoms with Crippen LogP contribution in [0.25, 0.3) is 22.9 Å². The van der Waals surface area contributed by atoms with Crippen molar-refractivity contribution in [3.05, 3.63) is 71.5 Å². The van der Waals surface area contributed by atoms with Gasteiger partial charge in [0.15, 0.2) is 5.92 Å².